The third-order valence-electron chi connectivity index (χ3n) is 2.48. The van der Waals surface area contributed by atoms with E-state index in [1.807, 2.05) is 18.2 Å². The number of halogens is 1. The maximum atomic E-state index is 5.96. The number of hydrogen-bond acceptors (Lipinski definition) is 3. The van der Waals surface area contributed by atoms with Gasteiger partial charge in [0.25, 0.3) is 0 Å². The van der Waals surface area contributed by atoms with Crippen LogP contribution in [0.3, 0.4) is 0 Å². The van der Waals surface area contributed by atoms with Gasteiger partial charge < -0.3 is 5.32 Å². The number of alkyl halides is 1. The van der Waals surface area contributed by atoms with Crippen molar-refractivity contribution in [3.05, 3.63) is 60.2 Å². The molecule has 1 aromatic carbocycles. The lowest BCUT2D eigenvalue weighted by molar-refractivity contribution is 0.563. The molecule has 0 spiro atoms. The molecule has 1 heterocycles. The van der Waals surface area contributed by atoms with Crippen molar-refractivity contribution in [1.29, 1.82) is 0 Å². The SMILES string of the molecule is ClCC(NCc1ncccn1)c1ccccc1. The van der Waals surface area contributed by atoms with Crippen LogP contribution in [0, 0.1) is 0 Å². The highest BCUT2D eigenvalue weighted by Crippen LogP contribution is 2.14. The molecular weight excluding hydrogens is 234 g/mol. The lowest BCUT2D eigenvalue weighted by atomic mass is 10.1. The lowest BCUT2D eigenvalue weighted by Gasteiger charge is -2.15. The summed E-state index contributed by atoms with van der Waals surface area (Å²) in [5, 5.41) is 3.35. The standard InChI is InChI=1S/C13H14ClN3/c14-9-12(11-5-2-1-3-6-11)17-10-13-15-7-4-8-16-13/h1-8,12,17H,9-10H2. The first kappa shape index (κ1) is 12.0. The van der Waals surface area contributed by atoms with Crippen LogP contribution < -0.4 is 5.32 Å². The summed E-state index contributed by atoms with van der Waals surface area (Å²) in [6, 6.07) is 12.1. The highest BCUT2D eigenvalue weighted by Gasteiger charge is 2.09. The zero-order valence-electron chi connectivity index (χ0n) is 9.38. The Bertz CT molecular complexity index is 433. The number of rotatable bonds is 5. The van der Waals surface area contributed by atoms with E-state index in [1.54, 1.807) is 18.5 Å². The van der Waals surface area contributed by atoms with Crippen LogP contribution >= 0.6 is 11.6 Å². The van der Waals surface area contributed by atoms with Crippen molar-refractivity contribution in [2.24, 2.45) is 0 Å². The van der Waals surface area contributed by atoms with Gasteiger partial charge in [-0.25, -0.2) is 9.97 Å². The van der Waals surface area contributed by atoms with Gasteiger partial charge in [-0.3, -0.25) is 0 Å². The molecule has 4 heteroatoms. The summed E-state index contributed by atoms with van der Waals surface area (Å²) in [6.07, 6.45) is 3.48. The van der Waals surface area contributed by atoms with E-state index in [0.29, 0.717) is 12.4 Å². The highest BCUT2D eigenvalue weighted by molar-refractivity contribution is 6.18. The maximum absolute atomic E-state index is 5.96. The van der Waals surface area contributed by atoms with E-state index in [-0.39, 0.29) is 6.04 Å². The fourth-order valence-electron chi connectivity index (χ4n) is 1.58. The minimum Gasteiger partial charge on any atom is -0.302 e. The largest absolute Gasteiger partial charge is 0.302 e. The smallest absolute Gasteiger partial charge is 0.141 e. The molecule has 0 bridgehead atoms. The summed E-state index contributed by atoms with van der Waals surface area (Å²) in [7, 11) is 0. The van der Waals surface area contributed by atoms with Crippen molar-refractivity contribution >= 4 is 11.6 Å². The monoisotopic (exact) mass is 247 g/mol. The minimum atomic E-state index is 0.127. The van der Waals surface area contributed by atoms with Crippen molar-refractivity contribution in [2.45, 2.75) is 12.6 Å². The van der Waals surface area contributed by atoms with Gasteiger partial charge in [-0.15, -0.1) is 11.6 Å². The van der Waals surface area contributed by atoms with Crippen LogP contribution in [0.15, 0.2) is 48.8 Å². The molecule has 1 unspecified atom stereocenters. The lowest BCUT2D eigenvalue weighted by Crippen LogP contribution is -2.23. The van der Waals surface area contributed by atoms with E-state index in [0.717, 1.165) is 5.82 Å². The van der Waals surface area contributed by atoms with Gasteiger partial charge in [0.05, 0.1) is 6.54 Å². The summed E-state index contributed by atoms with van der Waals surface area (Å²) < 4.78 is 0. The molecule has 1 atom stereocenters. The van der Waals surface area contributed by atoms with Gasteiger partial charge in [0.2, 0.25) is 0 Å². The highest BCUT2D eigenvalue weighted by atomic mass is 35.5. The topological polar surface area (TPSA) is 37.8 Å². The van der Waals surface area contributed by atoms with Gasteiger partial charge >= 0.3 is 0 Å². The molecule has 3 nitrogen and oxygen atoms in total. The van der Waals surface area contributed by atoms with Crippen LogP contribution in [0.5, 0.6) is 0 Å². The molecule has 2 aromatic rings. The maximum Gasteiger partial charge on any atom is 0.141 e. The molecule has 1 N–H and O–H groups in total. The number of benzene rings is 1. The van der Waals surface area contributed by atoms with Gasteiger partial charge in [-0.1, -0.05) is 30.3 Å². The van der Waals surface area contributed by atoms with E-state index >= 15 is 0 Å². The molecule has 0 amide bonds. The summed E-state index contributed by atoms with van der Waals surface area (Å²) in [5.41, 5.74) is 1.18. The number of hydrogen-bond donors (Lipinski definition) is 1. The summed E-state index contributed by atoms with van der Waals surface area (Å²) >= 11 is 5.96. The fourth-order valence-corrected chi connectivity index (χ4v) is 1.87. The Hall–Kier alpha value is -1.45. The van der Waals surface area contributed by atoms with Crippen LogP contribution in [0.25, 0.3) is 0 Å². The Kier molecular flexibility index (Phi) is 4.47. The zero-order valence-corrected chi connectivity index (χ0v) is 10.1. The summed E-state index contributed by atoms with van der Waals surface area (Å²) in [6.45, 7) is 0.618. The first-order chi connectivity index (χ1) is 8.40. The van der Waals surface area contributed by atoms with Gasteiger partial charge in [0.1, 0.15) is 5.82 Å². The Morgan fingerprint density at radius 2 is 1.76 bits per heavy atom. The Labute approximate surface area is 106 Å². The second-order valence-electron chi connectivity index (χ2n) is 3.66. The van der Waals surface area contributed by atoms with Crippen molar-refractivity contribution in [1.82, 2.24) is 15.3 Å². The quantitative estimate of drug-likeness (QED) is 0.826. The second kappa shape index (κ2) is 6.33. The van der Waals surface area contributed by atoms with Crippen molar-refractivity contribution in [3.63, 3.8) is 0 Å². The molecule has 1 aromatic heterocycles. The normalized spacial score (nSPS) is 12.3. The number of aromatic nitrogens is 2. The van der Waals surface area contributed by atoms with Crippen LogP contribution in [-0.2, 0) is 6.54 Å². The Morgan fingerprint density at radius 3 is 2.41 bits per heavy atom. The first-order valence-electron chi connectivity index (χ1n) is 5.50. The van der Waals surface area contributed by atoms with E-state index in [4.69, 9.17) is 11.6 Å². The molecular formula is C13H14ClN3. The average Bonchev–Trinajstić information content (AvgIpc) is 2.42. The molecule has 17 heavy (non-hydrogen) atoms. The number of nitrogens with zero attached hydrogens (tertiary/aromatic N) is 2. The predicted molar refractivity (Wildman–Crippen MR) is 68.8 cm³/mol. The first-order valence-corrected chi connectivity index (χ1v) is 6.04. The Balaban J connectivity index is 1.97. The minimum absolute atomic E-state index is 0.127. The van der Waals surface area contributed by atoms with E-state index in [2.05, 4.69) is 27.4 Å². The molecule has 0 aliphatic rings. The molecule has 0 aliphatic heterocycles. The van der Waals surface area contributed by atoms with Crippen LogP contribution in [0.2, 0.25) is 0 Å². The van der Waals surface area contributed by atoms with Gasteiger partial charge in [-0.05, 0) is 11.6 Å². The van der Waals surface area contributed by atoms with E-state index < -0.39 is 0 Å². The molecule has 0 saturated heterocycles. The van der Waals surface area contributed by atoms with Crippen molar-refractivity contribution in [3.8, 4) is 0 Å². The molecule has 88 valence electrons. The van der Waals surface area contributed by atoms with Gasteiger partial charge in [-0.2, -0.15) is 0 Å². The fraction of sp³-hybridized carbons (Fsp3) is 0.231. The van der Waals surface area contributed by atoms with Crippen LogP contribution in [0.4, 0.5) is 0 Å². The molecule has 0 saturated carbocycles. The van der Waals surface area contributed by atoms with Crippen LogP contribution in [0.1, 0.15) is 17.4 Å². The Morgan fingerprint density at radius 1 is 1.06 bits per heavy atom. The van der Waals surface area contributed by atoms with Crippen molar-refractivity contribution in [2.75, 3.05) is 5.88 Å². The summed E-state index contributed by atoms with van der Waals surface area (Å²) in [5.74, 6) is 1.30. The third kappa shape index (κ3) is 3.51. The van der Waals surface area contributed by atoms with Crippen molar-refractivity contribution < 1.29 is 0 Å². The zero-order chi connectivity index (χ0) is 11.9. The summed E-state index contributed by atoms with van der Waals surface area (Å²) in [4.78, 5) is 8.32. The second-order valence-corrected chi connectivity index (χ2v) is 3.97. The van der Waals surface area contributed by atoms with E-state index in [9.17, 15) is 0 Å². The van der Waals surface area contributed by atoms with Gasteiger partial charge in [0, 0.05) is 24.3 Å². The van der Waals surface area contributed by atoms with E-state index in [1.165, 1.54) is 5.56 Å². The predicted octanol–water partition coefficient (Wildman–Crippen LogP) is 2.55. The van der Waals surface area contributed by atoms with Crippen LogP contribution in [-0.4, -0.2) is 15.8 Å². The molecule has 0 fully saturated rings. The molecule has 0 aliphatic carbocycles. The van der Waals surface area contributed by atoms with Gasteiger partial charge in [0.15, 0.2) is 0 Å². The molecule has 2 rings (SSSR count). The number of nitrogens with one attached hydrogen (secondary N) is 1. The average molecular weight is 248 g/mol. The third-order valence-corrected chi connectivity index (χ3v) is 2.79. The molecule has 0 radical (unpaired) electrons.